The minimum absolute atomic E-state index is 0.556. The van der Waals surface area contributed by atoms with Crippen LogP contribution in [0.4, 0.5) is 0 Å². The van der Waals surface area contributed by atoms with Gasteiger partial charge in [0.15, 0.2) is 0 Å². The largest absolute Gasteiger partial charge is 0.268 e. The van der Waals surface area contributed by atoms with Crippen LogP contribution in [0, 0.1) is 0 Å². The van der Waals surface area contributed by atoms with Crippen LogP contribution in [-0.2, 0) is 10.4 Å². The highest BCUT2D eigenvalue weighted by molar-refractivity contribution is 8.12. The van der Waals surface area contributed by atoms with Crippen LogP contribution in [0.25, 0.3) is 0 Å². The molecule has 0 radical (unpaired) electrons. The smallest absolute Gasteiger partial charge is 0.0370 e. The summed E-state index contributed by atoms with van der Waals surface area (Å²) in [5.41, 5.74) is 0. The topological polar surface area (TPSA) is 52.0 Å². The lowest BCUT2D eigenvalue weighted by atomic mass is 13.9. The van der Waals surface area contributed by atoms with Crippen molar-refractivity contribution in [2.24, 2.45) is 10.3 Å². The molecule has 0 aliphatic carbocycles. The number of rotatable bonds is 0. The molecule has 0 aromatic carbocycles. The van der Waals surface area contributed by atoms with E-state index in [9.17, 15) is 0 Å². The molecule has 0 aromatic heterocycles. The first kappa shape index (κ1) is 4.57. The first-order valence-electron chi connectivity index (χ1n) is 0.676. The molecule has 4 heteroatoms. The van der Waals surface area contributed by atoms with Crippen LogP contribution < -0.4 is 10.3 Å². The molecule has 26 valence electrons. The molecular formula is H5N2PS. The molecule has 0 rings (SSSR count). The third-order valence-electron chi connectivity index (χ3n) is 0. The van der Waals surface area contributed by atoms with Crippen LogP contribution in [-0.4, -0.2) is 0 Å². The van der Waals surface area contributed by atoms with Gasteiger partial charge in [-0.2, -0.15) is 0 Å². The Balaban J connectivity index is 2.80. The van der Waals surface area contributed by atoms with E-state index in [4.69, 9.17) is 10.3 Å². The number of nitrogens with two attached hydrogens (primary N) is 2. The molecule has 0 amide bonds. The fourth-order valence-electron chi connectivity index (χ4n) is 0. The Bertz CT molecular complexity index is 29.0. The Morgan fingerprint density at radius 1 is 1.50 bits per heavy atom. The Morgan fingerprint density at radius 2 is 1.50 bits per heavy atom. The Labute approximate surface area is 29.6 Å². The quantitative estimate of drug-likeness (QED) is 0.396. The molecule has 0 saturated heterocycles. The standard InChI is InChI=1S/H5N2PS/c1-4(2)3/h3H,1-2H2. The van der Waals surface area contributed by atoms with Crippen molar-refractivity contribution in [3.8, 4) is 0 Å². The summed E-state index contributed by atoms with van der Waals surface area (Å²) in [7, 11) is 2.34. The molecule has 0 fully saturated rings. The van der Waals surface area contributed by atoms with Gasteiger partial charge >= 0.3 is 0 Å². The van der Waals surface area contributed by atoms with E-state index in [2.05, 4.69) is 8.02 Å². The lowest BCUT2D eigenvalue weighted by molar-refractivity contribution is 1.89. The van der Waals surface area contributed by atoms with Gasteiger partial charge < -0.3 is 0 Å². The summed E-state index contributed by atoms with van der Waals surface area (Å²) in [6, 6.07) is 0. The maximum Gasteiger partial charge on any atom is -0.0370 e. The molecule has 0 unspecified atom stereocenters. The zero-order chi connectivity index (χ0) is 3.58. The molecule has 0 aromatic rings. The minimum Gasteiger partial charge on any atom is -0.268 e. The fourth-order valence-corrected chi connectivity index (χ4v) is 0. The molecule has 4 N–H and O–H groups in total. The SMILES string of the molecule is NS(N)=P. The second kappa shape index (κ2) is 1.85. The van der Waals surface area contributed by atoms with Crippen LogP contribution in [0.1, 0.15) is 0 Å². The molecular weight excluding hydrogens is 91.1 g/mol. The van der Waals surface area contributed by atoms with Crippen LogP contribution in [0.5, 0.6) is 0 Å². The summed E-state index contributed by atoms with van der Waals surface area (Å²) in [6.45, 7) is 0. The van der Waals surface area contributed by atoms with E-state index in [0.29, 0.717) is 0 Å². The van der Waals surface area contributed by atoms with E-state index in [1.807, 2.05) is 0 Å². The van der Waals surface area contributed by atoms with Gasteiger partial charge in [-0.25, -0.2) is 0 Å². The van der Waals surface area contributed by atoms with Crippen molar-refractivity contribution in [1.29, 1.82) is 0 Å². The lowest BCUT2D eigenvalue weighted by Crippen LogP contribution is -2.07. The summed E-state index contributed by atoms with van der Waals surface area (Å²) in [6.07, 6.45) is 0. The normalized spacial score (nSPS) is 8.75. The highest BCUT2D eigenvalue weighted by atomic mass is 32.5. The molecule has 0 atom stereocenters. The molecule has 0 saturated carbocycles. The molecule has 0 bridgehead atoms. The van der Waals surface area contributed by atoms with Gasteiger partial charge in [-0.1, -0.05) is 8.02 Å². The lowest BCUT2D eigenvalue weighted by Gasteiger charge is -1.72. The first-order chi connectivity index (χ1) is 1.73. The number of hydrogen-bond acceptors (Lipinski definition) is 0. The third kappa shape index (κ3) is 19.5. The highest BCUT2D eigenvalue weighted by Crippen LogP contribution is 1.53. The van der Waals surface area contributed by atoms with Crippen LogP contribution in [0.2, 0.25) is 0 Å². The zero-order valence-corrected chi connectivity index (χ0v) is 3.88. The summed E-state index contributed by atoms with van der Waals surface area (Å²) < 4.78 is 0. The van der Waals surface area contributed by atoms with Crippen LogP contribution in [0.15, 0.2) is 0 Å². The maximum atomic E-state index is 4.83. The second-order valence-electron chi connectivity index (χ2n) is 0.372. The van der Waals surface area contributed by atoms with Crippen molar-refractivity contribution >= 4 is 18.5 Å². The van der Waals surface area contributed by atoms with Gasteiger partial charge in [0.25, 0.3) is 0 Å². The van der Waals surface area contributed by atoms with E-state index < -0.39 is 10.4 Å². The van der Waals surface area contributed by atoms with Gasteiger partial charge in [0.1, 0.15) is 0 Å². The number of hydrogen-bond donors (Lipinski definition) is 2. The van der Waals surface area contributed by atoms with E-state index in [-0.39, 0.29) is 0 Å². The van der Waals surface area contributed by atoms with Gasteiger partial charge in [0.2, 0.25) is 0 Å². The Morgan fingerprint density at radius 3 is 1.50 bits per heavy atom. The van der Waals surface area contributed by atoms with E-state index in [1.54, 1.807) is 0 Å². The second-order valence-corrected chi connectivity index (χ2v) is 2.53. The van der Waals surface area contributed by atoms with Crippen molar-refractivity contribution in [3.05, 3.63) is 0 Å². The first-order valence-corrected chi connectivity index (χ1v) is 3.25. The molecule has 2 nitrogen and oxygen atoms in total. The van der Waals surface area contributed by atoms with Crippen molar-refractivity contribution in [2.75, 3.05) is 0 Å². The summed E-state index contributed by atoms with van der Waals surface area (Å²) >= 11 is 0. The van der Waals surface area contributed by atoms with Crippen molar-refractivity contribution in [3.63, 3.8) is 0 Å². The van der Waals surface area contributed by atoms with E-state index in [0.717, 1.165) is 0 Å². The van der Waals surface area contributed by atoms with Gasteiger partial charge in [-0.3, -0.25) is 10.3 Å². The predicted octanol–water partition coefficient (Wildman–Crippen LogP) is -0.590. The van der Waals surface area contributed by atoms with Crippen molar-refractivity contribution in [1.82, 2.24) is 0 Å². The van der Waals surface area contributed by atoms with E-state index in [1.165, 1.54) is 0 Å². The Hall–Kier alpha value is 0.570. The van der Waals surface area contributed by atoms with Gasteiger partial charge in [0, 0.05) is 0 Å². The van der Waals surface area contributed by atoms with Crippen LogP contribution in [0.3, 0.4) is 0 Å². The molecule has 4 heavy (non-hydrogen) atoms. The average Bonchev–Trinajstić information content (AvgIpc) is 0.811. The van der Waals surface area contributed by atoms with Gasteiger partial charge in [0.05, 0.1) is 0 Å². The highest BCUT2D eigenvalue weighted by Gasteiger charge is 1.46. The molecule has 0 aliphatic heterocycles. The van der Waals surface area contributed by atoms with Crippen LogP contribution >= 0.6 is 8.02 Å². The Kier molecular flexibility index (Phi) is 2.11. The van der Waals surface area contributed by atoms with E-state index >= 15 is 0 Å². The van der Waals surface area contributed by atoms with Gasteiger partial charge in [-0.15, -0.1) is 0 Å². The third-order valence-corrected chi connectivity index (χ3v) is 0. The van der Waals surface area contributed by atoms with Gasteiger partial charge in [-0.05, 0) is 10.4 Å². The summed E-state index contributed by atoms with van der Waals surface area (Å²) in [4.78, 5) is 0. The van der Waals surface area contributed by atoms with Crippen molar-refractivity contribution in [2.45, 2.75) is 0 Å². The maximum absolute atomic E-state index is 4.83. The fraction of sp³-hybridized carbons (Fsp3) is 0. The summed E-state index contributed by atoms with van der Waals surface area (Å²) in [5, 5.41) is 9.66. The van der Waals surface area contributed by atoms with Crippen molar-refractivity contribution < 1.29 is 0 Å². The predicted molar refractivity (Wildman–Crippen MR) is 24.1 cm³/mol. The average molecular weight is 96.1 g/mol. The molecule has 0 aliphatic rings. The zero-order valence-electron chi connectivity index (χ0n) is 2.06. The molecule has 0 spiro atoms. The molecule has 0 heterocycles. The minimum atomic E-state index is -0.556. The summed E-state index contributed by atoms with van der Waals surface area (Å²) in [5.74, 6) is 0. The monoisotopic (exact) mass is 96.0 g/mol.